The largest absolute Gasteiger partial charge is 0.298 e. The highest BCUT2D eigenvalue weighted by Gasteiger charge is 2.13. The third kappa shape index (κ3) is 2.29. The number of benzene rings is 1. The summed E-state index contributed by atoms with van der Waals surface area (Å²) in [5.74, 6) is -0.382. The summed E-state index contributed by atoms with van der Waals surface area (Å²) in [6.45, 7) is 3.89. The Kier molecular flexibility index (Phi) is 3.48. The number of nitrogens with zero attached hydrogens (tertiary/aromatic N) is 2. The lowest BCUT2D eigenvalue weighted by Gasteiger charge is -2.03. The predicted octanol–water partition coefficient (Wildman–Crippen LogP) is 3.60. The Hall–Kier alpha value is -1.68. The molecule has 0 aliphatic carbocycles. The van der Waals surface area contributed by atoms with E-state index in [4.69, 9.17) is 11.6 Å². The number of carbonyl (C=O) groups is 1. The van der Waals surface area contributed by atoms with Crippen molar-refractivity contribution in [3.8, 4) is 5.69 Å². The molecule has 0 atom stereocenters. The lowest BCUT2D eigenvalue weighted by molar-refractivity contribution is 0.112. The fourth-order valence-electron chi connectivity index (χ4n) is 1.70. The van der Waals surface area contributed by atoms with Gasteiger partial charge in [0.15, 0.2) is 6.29 Å². The van der Waals surface area contributed by atoms with Crippen LogP contribution in [-0.2, 0) is 0 Å². The molecule has 0 fully saturated rings. The molecule has 0 bridgehead atoms. The molecular formula is C13H12ClFN2O. The standard InChI is InChI=1S/C13H12ClFN2O/c1-8(2)13-9(7-18)6-17(16-13)10-3-4-11(14)12(15)5-10/h3-8H,1-2H3. The highest BCUT2D eigenvalue weighted by molar-refractivity contribution is 6.30. The van der Waals surface area contributed by atoms with E-state index in [1.54, 1.807) is 12.3 Å². The van der Waals surface area contributed by atoms with Gasteiger partial charge >= 0.3 is 0 Å². The Morgan fingerprint density at radius 1 is 1.44 bits per heavy atom. The fourth-order valence-corrected chi connectivity index (χ4v) is 1.82. The summed E-state index contributed by atoms with van der Waals surface area (Å²) in [5, 5.41) is 4.36. The number of hydrogen-bond donors (Lipinski definition) is 0. The van der Waals surface area contributed by atoms with Crippen LogP contribution < -0.4 is 0 Å². The minimum absolute atomic E-state index is 0.0607. The van der Waals surface area contributed by atoms with Gasteiger partial charge in [-0.2, -0.15) is 5.10 Å². The van der Waals surface area contributed by atoms with E-state index >= 15 is 0 Å². The van der Waals surface area contributed by atoms with Crippen molar-refractivity contribution in [1.82, 2.24) is 9.78 Å². The van der Waals surface area contributed by atoms with E-state index < -0.39 is 5.82 Å². The first-order valence-electron chi connectivity index (χ1n) is 5.53. The molecule has 2 aromatic rings. The molecule has 1 aromatic carbocycles. The number of halogens is 2. The number of aldehydes is 1. The number of aromatic nitrogens is 2. The summed E-state index contributed by atoms with van der Waals surface area (Å²) in [6, 6.07) is 4.40. The van der Waals surface area contributed by atoms with Crippen molar-refractivity contribution in [1.29, 1.82) is 0 Å². The maximum atomic E-state index is 13.4. The second-order valence-corrected chi connectivity index (χ2v) is 4.69. The molecule has 5 heteroatoms. The number of hydrogen-bond acceptors (Lipinski definition) is 2. The van der Waals surface area contributed by atoms with Crippen LogP contribution in [0.5, 0.6) is 0 Å². The van der Waals surface area contributed by atoms with Crippen LogP contribution in [-0.4, -0.2) is 16.1 Å². The van der Waals surface area contributed by atoms with Gasteiger partial charge in [-0.15, -0.1) is 0 Å². The molecule has 0 unspecified atom stereocenters. The van der Waals surface area contributed by atoms with E-state index in [1.807, 2.05) is 13.8 Å². The van der Waals surface area contributed by atoms with Crippen molar-refractivity contribution in [2.45, 2.75) is 19.8 Å². The minimum Gasteiger partial charge on any atom is -0.298 e. The Bertz CT molecular complexity index is 593. The molecule has 0 amide bonds. The molecule has 1 aromatic heterocycles. The molecule has 2 rings (SSSR count). The van der Waals surface area contributed by atoms with Crippen LogP contribution in [0, 0.1) is 5.82 Å². The summed E-state index contributed by atoms with van der Waals surface area (Å²) in [4.78, 5) is 10.9. The summed E-state index contributed by atoms with van der Waals surface area (Å²) >= 11 is 5.62. The smallest absolute Gasteiger partial charge is 0.153 e. The monoisotopic (exact) mass is 266 g/mol. The van der Waals surface area contributed by atoms with Gasteiger partial charge in [-0.05, 0) is 18.1 Å². The van der Waals surface area contributed by atoms with Gasteiger partial charge in [0, 0.05) is 12.3 Å². The van der Waals surface area contributed by atoms with E-state index in [0.717, 1.165) is 6.29 Å². The van der Waals surface area contributed by atoms with E-state index in [9.17, 15) is 9.18 Å². The Morgan fingerprint density at radius 3 is 2.67 bits per heavy atom. The van der Waals surface area contributed by atoms with Crippen molar-refractivity contribution in [2.75, 3.05) is 0 Å². The molecule has 0 radical (unpaired) electrons. The van der Waals surface area contributed by atoms with Crippen molar-refractivity contribution < 1.29 is 9.18 Å². The summed E-state index contributed by atoms with van der Waals surface area (Å²) < 4.78 is 14.9. The third-order valence-electron chi connectivity index (χ3n) is 2.61. The molecule has 18 heavy (non-hydrogen) atoms. The molecule has 0 saturated heterocycles. The second-order valence-electron chi connectivity index (χ2n) is 4.29. The van der Waals surface area contributed by atoms with Crippen molar-refractivity contribution in [2.24, 2.45) is 0 Å². The van der Waals surface area contributed by atoms with E-state index in [0.29, 0.717) is 16.9 Å². The lowest BCUT2D eigenvalue weighted by Crippen LogP contribution is -1.98. The summed E-state index contributed by atoms with van der Waals surface area (Å²) in [7, 11) is 0. The topological polar surface area (TPSA) is 34.9 Å². The first-order valence-corrected chi connectivity index (χ1v) is 5.91. The minimum atomic E-state index is -0.511. The third-order valence-corrected chi connectivity index (χ3v) is 2.92. The summed E-state index contributed by atoms with van der Waals surface area (Å²) in [5.41, 5.74) is 1.74. The zero-order valence-electron chi connectivity index (χ0n) is 10.0. The quantitative estimate of drug-likeness (QED) is 0.796. The van der Waals surface area contributed by atoms with Gasteiger partial charge in [0.1, 0.15) is 5.82 Å². The van der Waals surface area contributed by atoms with Gasteiger partial charge in [-0.3, -0.25) is 4.79 Å². The van der Waals surface area contributed by atoms with Crippen molar-refractivity contribution in [3.05, 3.63) is 46.5 Å². The van der Waals surface area contributed by atoms with Gasteiger partial charge in [-0.25, -0.2) is 9.07 Å². The normalized spacial score (nSPS) is 10.9. The van der Waals surface area contributed by atoms with Gasteiger partial charge in [-0.1, -0.05) is 25.4 Å². The highest BCUT2D eigenvalue weighted by atomic mass is 35.5. The van der Waals surface area contributed by atoms with Crippen LogP contribution in [0.1, 0.15) is 35.8 Å². The van der Waals surface area contributed by atoms with Gasteiger partial charge in [0.05, 0.1) is 22.0 Å². The fraction of sp³-hybridized carbons (Fsp3) is 0.231. The second kappa shape index (κ2) is 4.90. The SMILES string of the molecule is CC(C)c1nn(-c2ccc(Cl)c(F)c2)cc1C=O. The molecule has 0 spiro atoms. The molecule has 1 heterocycles. The molecule has 0 N–H and O–H groups in total. The van der Waals surface area contributed by atoms with E-state index in [2.05, 4.69) is 5.10 Å². The van der Waals surface area contributed by atoms with Crippen LogP contribution >= 0.6 is 11.6 Å². The predicted molar refractivity (Wildman–Crippen MR) is 68.0 cm³/mol. The highest BCUT2D eigenvalue weighted by Crippen LogP contribution is 2.21. The molecule has 0 saturated carbocycles. The molecule has 0 aliphatic rings. The van der Waals surface area contributed by atoms with E-state index in [-0.39, 0.29) is 10.9 Å². The van der Waals surface area contributed by atoms with Crippen molar-refractivity contribution in [3.63, 3.8) is 0 Å². The van der Waals surface area contributed by atoms with Crippen LogP contribution in [0.15, 0.2) is 24.4 Å². The molecule has 94 valence electrons. The average Bonchev–Trinajstić information content (AvgIpc) is 2.77. The lowest BCUT2D eigenvalue weighted by atomic mass is 10.1. The zero-order valence-corrected chi connectivity index (χ0v) is 10.8. The molecular weight excluding hydrogens is 255 g/mol. The molecule has 0 aliphatic heterocycles. The van der Waals surface area contributed by atoms with Crippen molar-refractivity contribution >= 4 is 17.9 Å². The Morgan fingerprint density at radius 2 is 2.17 bits per heavy atom. The van der Waals surface area contributed by atoms with Crippen LogP contribution in [0.2, 0.25) is 5.02 Å². The van der Waals surface area contributed by atoms with Crippen LogP contribution in [0.25, 0.3) is 5.69 Å². The summed E-state index contributed by atoms with van der Waals surface area (Å²) in [6.07, 6.45) is 2.34. The Labute approximate surface area is 109 Å². The number of rotatable bonds is 3. The van der Waals surface area contributed by atoms with E-state index in [1.165, 1.54) is 16.8 Å². The van der Waals surface area contributed by atoms with Gasteiger partial charge < -0.3 is 0 Å². The van der Waals surface area contributed by atoms with Gasteiger partial charge in [0.25, 0.3) is 0 Å². The van der Waals surface area contributed by atoms with Crippen LogP contribution in [0.4, 0.5) is 4.39 Å². The maximum Gasteiger partial charge on any atom is 0.153 e. The maximum absolute atomic E-state index is 13.4. The average molecular weight is 267 g/mol. The van der Waals surface area contributed by atoms with Crippen LogP contribution in [0.3, 0.4) is 0 Å². The number of carbonyl (C=O) groups excluding carboxylic acids is 1. The zero-order chi connectivity index (χ0) is 13.3. The molecule has 3 nitrogen and oxygen atoms in total. The Balaban J connectivity index is 2.50. The first kappa shape index (κ1) is 12.8. The van der Waals surface area contributed by atoms with Gasteiger partial charge in [0.2, 0.25) is 0 Å². The first-order chi connectivity index (χ1) is 8.52.